The monoisotopic (exact) mass is 315 g/mol. The van der Waals surface area contributed by atoms with Crippen LogP contribution in [-0.4, -0.2) is 58.8 Å². The zero-order valence-corrected chi connectivity index (χ0v) is 14.7. The molecule has 0 saturated carbocycles. The van der Waals surface area contributed by atoms with E-state index < -0.39 is 5.60 Å². The molecule has 0 aliphatic carbocycles. The van der Waals surface area contributed by atoms with E-state index in [9.17, 15) is 9.59 Å². The summed E-state index contributed by atoms with van der Waals surface area (Å²) < 4.78 is 5.25. The van der Waals surface area contributed by atoms with E-state index in [0.29, 0.717) is 19.6 Å². The van der Waals surface area contributed by atoms with Crippen molar-refractivity contribution in [3.63, 3.8) is 0 Å². The Balaban J connectivity index is 2.32. The minimum Gasteiger partial charge on any atom is -0.444 e. The number of hydrogen-bond donors (Lipinski definition) is 1. The van der Waals surface area contributed by atoms with Crippen LogP contribution in [0.5, 0.6) is 0 Å². The van der Waals surface area contributed by atoms with Crippen LogP contribution in [0.15, 0.2) is 0 Å². The fourth-order valence-electron chi connectivity index (χ4n) is 2.10. The second-order valence-electron chi connectivity index (χ2n) is 7.45. The highest BCUT2D eigenvalue weighted by molar-refractivity contribution is 5.74. The molecule has 7 heteroatoms. The third-order valence-electron chi connectivity index (χ3n) is 3.18. The summed E-state index contributed by atoms with van der Waals surface area (Å²) in [6.45, 7) is 14.7. The summed E-state index contributed by atoms with van der Waals surface area (Å²) in [5.74, 6) is 0. The fraction of sp³-hybridized carbons (Fsp3) is 0.867. The number of hydrogen-bond acceptors (Lipinski definition) is 4. The number of rotatable bonds is 3. The normalized spacial score (nSPS) is 16.0. The first kappa shape index (κ1) is 18.5. The van der Waals surface area contributed by atoms with Crippen molar-refractivity contribution in [2.75, 3.05) is 19.6 Å². The Morgan fingerprint density at radius 3 is 2.14 bits per heavy atom. The summed E-state index contributed by atoms with van der Waals surface area (Å²) in [5.41, 5.74) is 1.68. The van der Waals surface area contributed by atoms with Gasteiger partial charge in [-0.05, 0) is 48.5 Å². The van der Waals surface area contributed by atoms with Gasteiger partial charge in [-0.3, -0.25) is 4.84 Å². The van der Waals surface area contributed by atoms with Crippen molar-refractivity contribution >= 4 is 12.1 Å². The van der Waals surface area contributed by atoms with Gasteiger partial charge in [0.25, 0.3) is 0 Å². The smallest absolute Gasteiger partial charge is 0.410 e. The predicted octanol–water partition coefficient (Wildman–Crippen LogP) is 2.37. The van der Waals surface area contributed by atoms with Crippen LogP contribution in [0.2, 0.25) is 0 Å². The van der Waals surface area contributed by atoms with E-state index in [1.165, 1.54) is 0 Å². The van der Waals surface area contributed by atoms with Crippen molar-refractivity contribution in [3.05, 3.63) is 0 Å². The molecule has 128 valence electrons. The van der Waals surface area contributed by atoms with Gasteiger partial charge < -0.3 is 14.5 Å². The number of nitrogens with one attached hydrogen (secondary N) is 1. The topological polar surface area (TPSA) is 71.1 Å². The molecule has 0 aromatic rings. The Kier molecular flexibility index (Phi) is 5.67. The van der Waals surface area contributed by atoms with Crippen molar-refractivity contribution in [1.82, 2.24) is 15.3 Å². The number of nitrogens with zero attached hydrogens (tertiary/aromatic N) is 2. The maximum absolute atomic E-state index is 12.1. The first-order valence-corrected chi connectivity index (χ1v) is 7.65. The quantitative estimate of drug-likeness (QED) is 0.812. The minimum absolute atomic E-state index is 0.199. The number of urea groups is 1. The average Bonchev–Trinajstić information content (AvgIpc) is 2.22. The van der Waals surface area contributed by atoms with E-state index in [1.54, 1.807) is 9.80 Å². The van der Waals surface area contributed by atoms with Crippen LogP contribution in [0.3, 0.4) is 0 Å². The van der Waals surface area contributed by atoms with Crippen LogP contribution in [0, 0.1) is 0 Å². The predicted molar refractivity (Wildman–Crippen MR) is 83.3 cm³/mol. The van der Waals surface area contributed by atoms with Gasteiger partial charge >= 0.3 is 12.1 Å². The van der Waals surface area contributed by atoms with Gasteiger partial charge in [-0.2, -0.15) is 0 Å². The first-order valence-electron chi connectivity index (χ1n) is 7.65. The van der Waals surface area contributed by atoms with Crippen LogP contribution in [0.25, 0.3) is 0 Å². The molecule has 1 fully saturated rings. The SMILES string of the molecule is CCN(C(=O)NOC1CN(C(=O)OC(C)(C)C)C1)C(C)(C)C. The van der Waals surface area contributed by atoms with Gasteiger partial charge in [0.15, 0.2) is 0 Å². The van der Waals surface area contributed by atoms with E-state index in [1.807, 2.05) is 48.5 Å². The largest absolute Gasteiger partial charge is 0.444 e. The minimum atomic E-state index is -0.508. The van der Waals surface area contributed by atoms with E-state index in [-0.39, 0.29) is 23.8 Å². The van der Waals surface area contributed by atoms with Crippen LogP contribution in [0.1, 0.15) is 48.5 Å². The van der Waals surface area contributed by atoms with Gasteiger partial charge in [-0.1, -0.05) is 0 Å². The van der Waals surface area contributed by atoms with Crippen LogP contribution < -0.4 is 5.48 Å². The zero-order valence-electron chi connectivity index (χ0n) is 14.7. The van der Waals surface area contributed by atoms with Gasteiger partial charge in [0, 0.05) is 12.1 Å². The molecule has 1 rings (SSSR count). The fourth-order valence-corrected chi connectivity index (χ4v) is 2.10. The average molecular weight is 315 g/mol. The molecule has 1 N–H and O–H groups in total. The Bertz CT molecular complexity index is 406. The Morgan fingerprint density at radius 1 is 1.18 bits per heavy atom. The Labute approximate surface area is 132 Å². The van der Waals surface area contributed by atoms with Crippen molar-refractivity contribution in [2.24, 2.45) is 0 Å². The van der Waals surface area contributed by atoms with Gasteiger partial charge in [0.2, 0.25) is 0 Å². The number of carbonyl (C=O) groups excluding carboxylic acids is 2. The molecule has 0 unspecified atom stereocenters. The lowest BCUT2D eigenvalue weighted by Gasteiger charge is -2.40. The summed E-state index contributed by atoms with van der Waals surface area (Å²) in [7, 11) is 0. The summed E-state index contributed by atoms with van der Waals surface area (Å²) in [6, 6.07) is -0.272. The molecule has 0 spiro atoms. The molecule has 0 bridgehead atoms. The third kappa shape index (κ3) is 5.36. The Hall–Kier alpha value is -1.50. The molecule has 0 atom stereocenters. The Morgan fingerprint density at radius 2 is 1.73 bits per heavy atom. The van der Waals surface area contributed by atoms with E-state index in [2.05, 4.69) is 5.48 Å². The van der Waals surface area contributed by atoms with Gasteiger partial charge in [-0.25, -0.2) is 15.1 Å². The molecule has 1 aliphatic heterocycles. The molecule has 1 heterocycles. The molecule has 1 saturated heterocycles. The molecule has 3 amide bonds. The van der Waals surface area contributed by atoms with Crippen molar-refractivity contribution in [3.8, 4) is 0 Å². The maximum atomic E-state index is 12.1. The van der Waals surface area contributed by atoms with Crippen LogP contribution >= 0.6 is 0 Å². The highest BCUT2D eigenvalue weighted by Gasteiger charge is 2.35. The highest BCUT2D eigenvalue weighted by Crippen LogP contribution is 2.17. The lowest BCUT2D eigenvalue weighted by Crippen LogP contribution is -2.59. The van der Waals surface area contributed by atoms with E-state index in [0.717, 1.165) is 0 Å². The molecular formula is C15H29N3O4. The molecule has 0 radical (unpaired) electrons. The van der Waals surface area contributed by atoms with Gasteiger partial charge in [0.1, 0.15) is 11.7 Å². The van der Waals surface area contributed by atoms with Crippen molar-refractivity contribution in [1.29, 1.82) is 0 Å². The zero-order chi connectivity index (χ0) is 17.1. The third-order valence-corrected chi connectivity index (χ3v) is 3.18. The molecule has 7 nitrogen and oxygen atoms in total. The number of hydroxylamine groups is 1. The summed E-state index contributed by atoms with van der Waals surface area (Å²) in [5, 5.41) is 0. The second kappa shape index (κ2) is 6.73. The molecule has 1 aliphatic rings. The van der Waals surface area contributed by atoms with E-state index >= 15 is 0 Å². The molecule has 22 heavy (non-hydrogen) atoms. The number of likely N-dealkylation sites (tertiary alicyclic amines) is 1. The maximum Gasteiger partial charge on any atom is 0.410 e. The summed E-state index contributed by atoms with van der Waals surface area (Å²) >= 11 is 0. The molecule has 0 aromatic carbocycles. The molecular weight excluding hydrogens is 286 g/mol. The van der Waals surface area contributed by atoms with E-state index in [4.69, 9.17) is 9.57 Å². The van der Waals surface area contributed by atoms with Gasteiger partial charge in [0.05, 0.1) is 13.1 Å². The van der Waals surface area contributed by atoms with Gasteiger partial charge in [-0.15, -0.1) is 0 Å². The first-order chi connectivity index (χ1) is 9.94. The summed E-state index contributed by atoms with van der Waals surface area (Å²) in [6.07, 6.45) is -0.557. The summed E-state index contributed by atoms with van der Waals surface area (Å²) in [4.78, 5) is 32.4. The second-order valence-corrected chi connectivity index (χ2v) is 7.45. The number of amides is 3. The standard InChI is InChI=1S/C15H29N3O4/c1-8-18(14(2,3)4)12(19)16-22-11-9-17(10-11)13(20)21-15(5,6)7/h11H,8-10H2,1-7H3,(H,16,19). The molecule has 0 aromatic heterocycles. The lowest BCUT2D eigenvalue weighted by molar-refractivity contribution is -0.0934. The van der Waals surface area contributed by atoms with Crippen molar-refractivity contribution in [2.45, 2.75) is 65.7 Å². The van der Waals surface area contributed by atoms with Crippen molar-refractivity contribution < 1.29 is 19.2 Å². The van der Waals surface area contributed by atoms with Crippen LogP contribution in [0.4, 0.5) is 9.59 Å². The number of ether oxygens (including phenoxy) is 1. The van der Waals surface area contributed by atoms with Crippen LogP contribution in [-0.2, 0) is 9.57 Å². The number of carbonyl (C=O) groups is 2. The highest BCUT2D eigenvalue weighted by atomic mass is 16.7. The lowest BCUT2D eigenvalue weighted by atomic mass is 10.1.